The highest BCUT2D eigenvalue weighted by Gasteiger charge is 2.42. The third-order valence-corrected chi connectivity index (χ3v) is 8.58. The van der Waals surface area contributed by atoms with Gasteiger partial charge in [-0.25, -0.2) is 0 Å². The predicted octanol–water partition coefficient (Wildman–Crippen LogP) is 9.33. The van der Waals surface area contributed by atoms with Crippen molar-refractivity contribution in [2.75, 3.05) is 11.1 Å². The van der Waals surface area contributed by atoms with Crippen LogP contribution in [0.2, 0.25) is 5.02 Å². The summed E-state index contributed by atoms with van der Waals surface area (Å²) >= 11 is 10.2. The Labute approximate surface area is 249 Å². The van der Waals surface area contributed by atoms with Gasteiger partial charge in [0.1, 0.15) is 0 Å². The Kier molecular flexibility index (Phi) is 10.6. The number of aryl methyl sites for hydroxylation is 2. The molecule has 2 aliphatic rings. The number of carbonyl (C=O) groups is 1. The molecule has 0 saturated heterocycles. The van der Waals surface area contributed by atoms with Crippen molar-refractivity contribution < 1.29 is 9.90 Å². The van der Waals surface area contributed by atoms with E-state index in [1.165, 1.54) is 34.2 Å². The zero-order valence-electron chi connectivity index (χ0n) is 23.4. The van der Waals surface area contributed by atoms with E-state index >= 15 is 0 Å². The van der Waals surface area contributed by atoms with Crippen molar-refractivity contribution in [3.05, 3.63) is 112 Å². The summed E-state index contributed by atoms with van der Waals surface area (Å²) in [5.74, 6) is 0.607. The number of thiol groups is 1. The number of anilines is 1. The molecule has 210 valence electrons. The van der Waals surface area contributed by atoms with Crippen molar-refractivity contribution >= 4 is 48.0 Å². The molecule has 1 saturated carbocycles. The summed E-state index contributed by atoms with van der Waals surface area (Å²) in [7, 11) is 0. The number of hydrogen-bond acceptors (Lipinski definition) is 3. The highest BCUT2D eigenvalue weighted by molar-refractivity contribution is 7.80. The van der Waals surface area contributed by atoms with Gasteiger partial charge in [-0.1, -0.05) is 104 Å². The van der Waals surface area contributed by atoms with Crippen LogP contribution >= 0.6 is 24.2 Å². The van der Waals surface area contributed by atoms with Gasteiger partial charge in [0.25, 0.3) is 0 Å². The maximum Gasteiger partial charge on any atom is 0.303 e. The molecule has 3 aromatic rings. The zero-order valence-corrected chi connectivity index (χ0v) is 25.1. The number of carboxylic acids is 1. The minimum absolute atomic E-state index is 0.0783. The Hall–Kier alpha value is -2.95. The van der Waals surface area contributed by atoms with Crippen molar-refractivity contribution in [3.8, 4) is 0 Å². The number of halogens is 1. The number of nitrogens with one attached hydrogen (secondary N) is 1. The van der Waals surface area contributed by atoms with Crippen molar-refractivity contribution in [1.29, 1.82) is 0 Å². The van der Waals surface area contributed by atoms with Gasteiger partial charge in [0.15, 0.2) is 0 Å². The van der Waals surface area contributed by atoms with Crippen LogP contribution in [-0.2, 0) is 17.6 Å². The fourth-order valence-corrected chi connectivity index (χ4v) is 5.71. The maximum absolute atomic E-state index is 10.2. The van der Waals surface area contributed by atoms with E-state index in [9.17, 15) is 4.79 Å². The van der Waals surface area contributed by atoms with E-state index < -0.39 is 5.97 Å². The molecule has 1 atom stereocenters. The average Bonchev–Trinajstić information content (AvgIpc) is 3.71. The Morgan fingerprint density at radius 1 is 1.10 bits per heavy atom. The van der Waals surface area contributed by atoms with Gasteiger partial charge in [-0.05, 0) is 89.1 Å². The third-order valence-electron chi connectivity index (χ3n) is 7.68. The van der Waals surface area contributed by atoms with Gasteiger partial charge >= 0.3 is 5.97 Å². The molecule has 1 aliphatic carbocycles. The summed E-state index contributed by atoms with van der Waals surface area (Å²) in [6.07, 6.45) is 14.5. The van der Waals surface area contributed by atoms with Crippen LogP contribution in [0.25, 0.3) is 12.2 Å². The summed E-state index contributed by atoms with van der Waals surface area (Å²) in [6, 6.07) is 23.9. The first-order chi connectivity index (χ1) is 19.3. The zero-order chi connectivity index (χ0) is 28.5. The van der Waals surface area contributed by atoms with Crippen LogP contribution in [0.3, 0.4) is 0 Å². The van der Waals surface area contributed by atoms with Crippen molar-refractivity contribution in [1.82, 2.24) is 0 Å². The Morgan fingerprint density at radius 3 is 2.60 bits per heavy atom. The van der Waals surface area contributed by atoms with E-state index in [2.05, 4.69) is 105 Å². The van der Waals surface area contributed by atoms with Gasteiger partial charge < -0.3 is 10.4 Å². The second-order valence-electron chi connectivity index (χ2n) is 11.3. The second kappa shape index (κ2) is 14.1. The average molecular weight is 574 g/mol. The van der Waals surface area contributed by atoms with Crippen LogP contribution < -0.4 is 5.32 Å². The highest BCUT2D eigenvalue weighted by atomic mass is 35.5. The molecule has 40 heavy (non-hydrogen) atoms. The minimum Gasteiger partial charge on any atom is -0.481 e. The molecule has 0 bridgehead atoms. The van der Waals surface area contributed by atoms with Gasteiger partial charge in [0.05, 0.1) is 12.5 Å². The van der Waals surface area contributed by atoms with Gasteiger partial charge in [0.2, 0.25) is 0 Å². The van der Waals surface area contributed by atoms with Crippen molar-refractivity contribution in [2.24, 2.45) is 5.41 Å². The van der Waals surface area contributed by atoms with Crippen LogP contribution in [0.1, 0.15) is 73.3 Å². The first-order valence-corrected chi connectivity index (χ1v) is 15.2. The SMILES string of the molecule is CC(C)c1ccccc1CCCc1cccc(/C=C/C2C=Cc3ccc(Cl)cc3N2)c1.O=C(O)CC1(CS)CC1. The van der Waals surface area contributed by atoms with Gasteiger partial charge in [-0.3, -0.25) is 4.79 Å². The predicted molar refractivity (Wildman–Crippen MR) is 174 cm³/mol. The lowest BCUT2D eigenvalue weighted by atomic mass is 9.93. The summed E-state index contributed by atoms with van der Waals surface area (Å²) in [5.41, 5.74) is 7.95. The molecule has 3 aromatic carbocycles. The number of carboxylic acid groups (broad SMARTS) is 1. The van der Waals surface area contributed by atoms with Crippen LogP contribution in [0, 0.1) is 5.41 Å². The lowest BCUT2D eigenvalue weighted by Gasteiger charge is -2.20. The van der Waals surface area contributed by atoms with Crippen molar-refractivity contribution in [3.63, 3.8) is 0 Å². The largest absolute Gasteiger partial charge is 0.481 e. The third kappa shape index (κ3) is 8.78. The Morgan fingerprint density at radius 2 is 1.90 bits per heavy atom. The number of benzene rings is 3. The Balaban J connectivity index is 0.000000350. The summed E-state index contributed by atoms with van der Waals surface area (Å²) < 4.78 is 0. The van der Waals surface area contributed by atoms with Gasteiger partial charge in [0, 0.05) is 10.7 Å². The van der Waals surface area contributed by atoms with E-state index in [4.69, 9.17) is 16.7 Å². The summed E-state index contributed by atoms with van der Waals surface area (Å²) in [4.78, 5) is 10.2. The molecule has 0 spiro atoms. The molecule has 0 aromatic heterocycles. The summed E-state index contributed by atoms with van der Waals surface area (Å²) in [5, 5.41) is 12.7. The molecule has 1 unspecified atom stereocenters. The summed E-state index contributed by atoms with van der Waals surface area (Å²) in [6.45, 7) is 4.55. The molecule has 3 nitrogen and oxygen atoms in total. The van der Waals surface area contributed by atoms with Crippen LogP contribution in [0.4, 0.5) is 5.69 Å². The van der Waals surface area contributed by atoms with Crippen LogP contribution in [0.15, 0.2) is 78.9 Å². The molecule has 1 fully saturated rings. The smallest absolute Gasteiger partial charge is 0.303 e. The monoisotopic (exact) mass is 573 g/mol. The van der Waals surface area contributed by atoms with Crippen molar-refractivity contribution in [2.45, 2.75) is 64.3 Å². The molecule has 0 radical (unpaired) electrons. The van der Waals surface area contributed by atoms with E-state index in [1.807, 2.05) is 18.2 Å². The highest BCUT2D eigenvalue weighted by Crippen LogP contribution is 2.49. The first-order valence-electron chi connectivity index (χ1n) is 14.2. The van der Waals surface area contributed by atoms with E-state index in [0.29, 0.717) is 12.3 Å². The molecular formula is C35H40ClNO2S. The fraction of sp³-hybridized carbons (Fsp3) is 0.343. The van der Waals surface area contributed by atoms with Gasteiger partial charge in [-0.2, -0.15) is 12.6 Å². The van der Waals surface area contributed by atoms with Crippen LogP contribution in [0.5, 0.6) is 0 Å². The van der Waals surface area contributed by atoms with Gasteiger partial charge in [-0.15, -0.1) is 0 Å². The normalized spacial score (nSPS) is 16.7. The van der Waals surface area contributed by atoms with E-state index in [0.717, 1.165) is 42.1 Å². The number of hydrogen-bond donors (Lipinski definition) is 3. The molecule has 1 aliphatic heterocycles. The molecule has 0 amide bonds. The second-order valence-corrected chi connectivity index (χ2v) is 12.1. The quantitative estimate of drug-likeness (QED) is 0.212. The van der Waals surface area contributed by atoms with Crippen LogP contribution in [-0.4, -0.2) is 22.9 Å². The fourth-order valence-electron chi connectivity index (χ4n) is 5.11. The number of fused-ring (bicyclic) bond motifs is 1. The molecule has 5 rings (SSSR count). The Bertz CT molecular complexity index is 1360. The number of aliphatic carboxylic acids is 1. The first kappa shape index (κ1) is 30.0. The van der Waals surface area contributed by atoms with E-state index in [-0.39, 0.29) is 11.5 Å². The standard InChI is InChI=1S/C29H30ClN.C6H10O2S/c1-21(2)28-12-4-3-10-24(28)11-6-9-22-7-5-8-23(19-22)13-17-27-18-15-25-14-16-26(30)20-29(25)31-27;7-5(8)3-6(4-9)1-2-6/h3-5,7-8,10,12-21,27,31H,6,9,11H2,1-2H3;9H,1-4H2,(H,7,8)/b17-13+;. The van der Waals surface area contributed by atoms with E-state index in [1.54, 1.807) is 0 Å². The molecule has 2 N–H and O–H groups in total. The maximum atomic E-state index is 10.2. The lowest BCUT2D eigenvalue weighted by molar-refractivity contribution is -0.138. The molecule has 1 heterocycles. The molecule has 5 heteroatoms. The molecular weight excluding hydrogens is 534 g/mol. The topological polar surface area (TPSA) is 49.3 Å². The minimum atomic E-state index is -0.693. The number of rotatable bonds is 10. The lowest BCUT2D eigenvalue weighted by Crippen LogP contribution is -2.17.